The molecule has 5 rings (SSSR count). The summed E-state index contributed by atoms with van der Waals surface area (Å²) in [6.45, 7) is 3.02. The van der Waals surface area contributed by atoms with Gasteiger partial charge in [-0.2, -0.15) is 0 Å². The maximum Gasteiger partial charge on any atom is 0.293 e. The molecule has 38 heavy (non-hydrogen) atoms. The van der Waals surface area contributed by atoms with Crippen molar-refractivity contribution in [2.24, 2.45) is 0 Å². The number of para-hydroxylation sites is 1. The molecule has 0 radical (unpaired) electrons. The van der Waals surface area contributed by atoms with Crippen LogP contribution in [0.25, 0.3) is 5.69 Å². The number of rotatable bonds is 8. The summed E-state index contributed by atoms with van der Waals surface area (Å²) in [7, 11) is -4.12. The van der Waals surface area contributed by atoms with Crippen LogP contribution in [0.3, 0.4) is 0 Å². The van der Waals surface area contributed by atoms with Crippen LogP contribution in [0.4, 0.5) is 21.6 Å². The van der Waals surface area contributed by atoms with Gasteiger partial charge in [0, 0.05) is 51.1 Å². The molecule has 0 saturated carbocycles. The molecule has 1 saturated heterocycles. The third-order valence-corrected chi connectivity index (χ3v) is 7.69. The molecule has 1 fully saturated rings. The number of hydrogen-bond acceptors (Lipinski definition) is 7. The molecule has 2 heterocycles. The van der Waals surface area contributed by atoms with Crippen molar-refractivity contribution in [1.82, 2.24) is 14.7 Å². The predicted octanol–water partition coefficient (Wildman–Crippen LogP) is 4.04. The Morgan fingerprint density at radius 1 is 0.947 bits per heavy atom. The van der Waals surface area contributed by atoms with Gasteiger partial charge in [-0.05, 0) is 42.0 Å². The third-order valence-electron chi connectivity index (χ3n) is 6.34. The summed E-state index contributed by atoms with van der Waals surface area (Å²) in [5, 5.41) is 16.1. The molecule has 0 unspecified atom stereocenters. The van der Waals surface area contributed by atoms with Crippen molar-refractivity contribution in [2.75, 3.05) is 35.8 Å². The van der Waals surface area contributed by atoms with E-state index in [0.29, 0.717) is 38.4 Å². The Kier molecular flexibility index (Phi) is 7.07. The summed E-state index contributed by atoms with van der Waals surface area (Å²) < 4.78 is 43.1. The summed E-state index contributed by atoms with van der Waals surface area (Å²) in [6, 6.07) is 21.0. The number of hydrogen-bond donors (Lipinski definition) is 1. The van der Waals surface area contributed by atoms with Crippen molar-refractivity contribution in [3.8, 4) is 5.69 Å². The molecule has 0 amide bonds. The Hall–Kier alpha value is -4.29. The fourth-order valence-corrected chi connectivity index (χ4v) is 5.39. The van der Waals surface area contributed by atoms with Crippen LogP contribution in [0.5, 0.6) is 0 Å². The van der Waals surface area contributed by atoms with Gasteiger partial charge in [-0.3, -0.25) is 19.7 Å². The zero-order chi connectivity index (χ0) is 26.7. The molecule has 1 aliphatic rings. The Balaban J connectivity index is 1.29. The van der Waals surface area contributed by atoms with Gasteiger partial charge in [-0.1, -0.05) is 30.3 Å². The van der Waals surface area contributed by atoms with E-state index in [-0.39, 0.29) is 22.2 Å². The first-order valence-electron chi connectivity index (χ1n) is 11.9. The van der Waals surface area contributed by atoms with E-state index in [1.807, 2.05) is 35.2 Å². The smallest absolute Gasteiger partial charge is 0.293 e. The van der Waals surface area contributed by atoms with Gasteiger partial charge in [0.1, 0.15) is 11.5 Å². The number of halogens is 1. The van der Waals surface area contributed by atoms with E-state index in [2.05, 4.69) is 14.7 Å². The van der Waals surface area contributed by atoms with Crippen LogP contribution in [0.15, 0.2) is 90.0 Å². The molecule has 4 aromatic rings. The standard InChI is InChI=1S/C26H25FN6O4S/c27-21-8-6-20(7-9-21)19-30-14-16-31(17-15-30)24-11-10-23(18-25(24)33(34)35)38(36,37)29-26-12-13-32(28-26)22-4-2-1-3-5-22/h1-13,18H,14-17,19H2,(H,28,29). The van der Waals surface area contributed by atoms with Crippen LogP contribution in [-0.2, 0) is 16.6 Å². The minimum Gasteiger partial charge on any atom is -0.363 e. The monoisotopic (exact) mass is 536 g/mol. The molecule has 1 N–H and O–H groups in total. The number of nitrogens with one attached hydrogen (secondary N) is 1. The highest BCUT2D eigenvalue weighted by atomic mass is 32.2. The normalized spacial score (nSPS) is 14.4. The number of nitro benzene ring substituents is 1. The van der Waals surface area contributed by atoms with Crippen LogP contribution >= 0.6 is 0 Å². The summed E-state index contributed by atoms with van der Waals surface area (Å²) in [5.74, 6) is -0.189. The van der Waals surface area contributed by atoms with Crippen LogP contribution in [0.2, 0.25) is 0 Å². The third kappa shape index (κ3) is 5.66. The first-order chi connectivity index (χ1) is 18.3. The number of anilines is 2. The van der Waals surface area contributed by atoms with Crippen LogP contribution in [0, 0.1) is 15.9 Å². The predicted molar refractivity (Wildman–Crippen MR) is 141 cm³/mol. The molecule has 0 aliphatic carbocycles. The molecule has 1 aromatic heterocycles. The minimum atomic E-state index is -4.12. The van der Waals surface area contributed by atoms with E-state index in [4.69, 9.17) is 0 Å². The van der Waals surface area contributed by atoms with E-state index < -0.39 is 14.9 Å². The van der Waals surface area contributed by atoms with Crippen molar-refractivity contribution >= 4 is 27.2 Å². The van der Waals surface area contributed by atoms with Crippen molar-refractivity contribution in [3.63, 3.8) is 0 Å². The zero-order valence-corrected chi connectivity index (χ0v) is 21.1. The molecule has 0 atom stereocenters. The average Bonchev–Trinajstić information content (AvgIpc) is 3.38. The van der Waals surface area contributed by atoms with Gasteiger partial charge in [-0.15, -0.1) is 5.10 Å². The van der Waals surface area contributed by atoms with E-state index in [0.717, 1.165) is 17.3 Å². The first kappa shape index (κ1) is 25.4. The number of benzene rings is 3. The molecule has 0 bridgehead atoms. The van der Waals surface area contributed by atoms with Gasteiger partial charge >= 0.3 is 0 Å². The molecule has 1 aliphatic heterocycles. The second kappa shape index (κ2) is 10.6. The largest absolute Gasteiger partial charge is 0.363 e. The number of piperazine rings is 1. The average molecular weight is 537 g/mol. The van der Waals surface area contributed by atoms with Crippen LogP contribution in [-0.4, -0.2) is 54.2 Å². The number of nitrogens with zero attached hydrogens (tertiary/aromatic N) is 5. The van der Waals surface area contributed by atoms with E-state index in [9.17, 15) is 22.9 Å². The second-order valence-corrected chi connectivity index (χ2v) is 10.6. The van der Waals surface area contributed by atoms with Crippen LogP contribution < -0.4 is 9.62 Å². The summed E-state index contributed by atoms with van der Waals surface area (Å²) in [5.41, 5.74) is 1.83. The fraction of sp³-hybridized carbons (Fsp3) is 0.192. The topological polar surface area (TPSA) is 114 Å². The summed E-state index contributed by atoms with van der Waals surface area (Å²) in [6.07, 6.45) is 1.62. The van der Waals surface area contributed by atoms with Crippen LogP contribution in [0.1, 0.15) is 5.56 Å². The highest BCUT2D eigenvalue weighted by molar-refractivity contribution is 7.92. The van der Waals surface area contributed by atoms with Crippen molar-refractivity contribution in [3.05, 3.63) is 107 Å². The molecular weight excluding hydrogens is 511 g/mol. The van der Waals surface area contributed by atoms with Gasteiger partial charge in [0.05, 0.1) is 15.5 Å². The fourth-order valence-electron chi connectivity index (χ4n) is 4.38. The van der Waals surface area contributed by atoms with Crippen molar-refractivity contribution in [1.29, 1.82) is 0 Å². The second-order valence-electron chi connectivity index (χ2n) is 8.88. The SMILES string of the molecule is O=[N+]([O-])c1cc(S(=O)(=O)Nc2ccn(-c3ccccc3)n2)ccc1N1CCN(Cc2ccc(F)cc2)CC1. The zero-order valence-electron chi connectivity index (χ0n) is 20.3. The molecule has 196 valence electrons. The van der Waals surface area contributed by atoms with Gasteiger partial charge in [0.15, 0.2) is 5.82 Å². The molecule has 3 aromatic carbocycles. The number of sulfonamides is 1. The lowest BCUT2D eigenvalue weighted by molar-refractivity contribution is -0.384. The summed E-state index contributed by atoms with van der Waals surface area (Å²) >= 11 is 0. The highest BCUT2D eigenvalue weighted by Crippen LogP contribution is 2.32. The van der Waals surface area contributed by atoms with Crippen molar-refractivity contribution in [2.45, 2.75) is 11.4 Å². The summed E-state index contributed by atoms with van der Waals surface area (Å²) in [4.78, 5) is 15.2. The van der Waals surface area contributed by atoms with Crippen molar-refractivity contribution < 1.29 is 17.7 Å². The Morgan fingerprint density at radius 2 is 1.66 bits per heavy atom. The van der Waals surface area contributed by atoms with Gasteiger partial charge in [0.2, 0.25) is 0 Å². The lowest BCUT2D eigenvalue weighted by atomic mass is 10.1. The lowest BCUT2D eigenvalue weighted by Crippen LogP contribution is -2.46. The Bertz CT molecular complexity index is 1540. The number of nitro groups is 1. The molecule has 0 spiro atoms. The van der Waals surface area contributed by atoms with E-state index in [1.54, 1.807) is 18.3 Å². The maximum absolute atomic E-state index is 13.2. The van der Waals surface area contributed by atoms with E-state index >= 15 is 0 Å². The Morgan fingerprint density at radius 3 is 2.34 bits per heavy atom. The maximum atomic E-state index is 13.2. The molecule has 10 nitrogen and oxygen atoms in total. The molecule has 12 heteroatoms. The first-order valence-corrected chi connectivity index (χ1v) is 13.4. The highest BCUT2D eigenvalue weighted by Gasteiger charge is 2.27. The lowest BCUT2D eigenvalue weighted by Gasteiger charge is -2.35. The van der Waals surface area contributed by atoms with E-state index in [1.165, 1.54) is 35.0 Å². The molecular formula is C26H25FN6O4S. The minimum absolute atomic E-state index is 0.0952. The van der Waals surface area contributed by atoms with Gasteiger partial charge in [0.25, 0.3) is 15.7 Å². The number of aromatic nitrogens is 2. The quantitative estimate of drug-likeness (QED) is 0.267. The Labute approximate surface area is 219 Å². The van der Waals surface area contributed by atoms with Gasteiger partial charge < -0.3 is 4.90 Å². The van der Waals surface area contributed by atoms with Gasteiger partial charge in [-0.25, -0.2) is 17.5 Å².